The maximum Gasteiger partial charge on any atom is 0.280 e. The molecule has 3 nitrogen and oxygen atoms in total. The van der Waals surface area contributed by atoms with Gasteiger partial charge in [0.1, 0.15) is 0 Å². The number of hydrogen-bond acceptors (Lipinski definition) is 2. The predicted molar refractivity (Wildman–Crippen MR) is 98.3 cm³/mol. The van der Waals surface area contributed by atoms with Crippen LogP contribution in [-0.2, 0) is 4.79 Å². The van der Waals surface area contributed by atoms with Crippen molar-refractivity contribution in [3.8, 4) is 0 Å². The molecule has 0 unspecified atom stereocenters. The second-order valence-electron chi connectivity index (χ2n) is 5.13. The summed E-state index contributed by atoms with van der Waals surface area (Å²) in [6, 6.07) is 17.5. The molecule has 0 fully saturated rings. The molecule has 114 valence electrons. The lowest BCUT2D eigenvalue weighted by Gasteiger charge is -2.11. The number of rotatable bonds is 3. The van der Waals surface area contributed by atoms with Crippen LogP contribution in [0.15, 0.2) is 81.9 Å². The number of nitrogens with zero attached hydrogens (tertiary/aromatic N) is 2. The first-order chi connectivity index (χ1) is 11.1. The SMILES string of the molecule is CC1=NN(c2cccc(Br)c2)C(=O)/C1=C\C=C\c1ccccc1. The molecule has 0 aromatic heterocycles. The first-order valence-corrected chi connectivity index (χ1v) is 8.03. The summed E-state index contributed by atoms with van der Waals surface area (Å²) in [6.07, 6.45) is 5.66. The molecule has 1 aliphatic rings. The number of carbonyl (C=O) groups is 1. The largest absolute Gasteiger partial charge is 0.280 e. The number of hydrogen-bond donors (Lipinski definition) is 0. The highest BCUT2D eigenvalue weighted by Crippen LogP contribution is 2.26. The third kappa shape index (κ3) is 3.48. The van der Waals surface area contributed by atoms with Crippen molar-refractivity contribution in [1.82, 2.24) is 0 Å². The maximum absolute atomic E-state index is 12.6. The molecule has 4 heteroatoms. The molecule has 1 heterocycles. The number of halogens is 1. The number of benzene rings is 2. The highest BCUT2D eigenvalue weighted by atomic mass is 79.9. The van der Waals surface area contributed by atoms with Gasteiger partial charge in [-0.25, -0.2) is 0 Å². The van der Waals surface area contributed by atoms with E-state index >= 15 is 0 Å². The van der Waals surface area contributed by atoms with Gasteiger partial charge in [-0.1, -0.05) is 64.5 Å². The van der Waals surface area contributed by atoms with E-state index in [2.05, 4.69) is 21.0 Å². The van der Waals surface area contributed by atoms with E-state index in [1.54, 1.807) is 0 Å². The normalized spacial score (nSPS) is 16.4. The van der Waals surface area contributed by atoms with Crippen molar-refractivity contribution in [3.05, 3.63) is 82.4 Å². The lowest BCUT2D eigenvalue weighted by molar-refractivity contribution is -0.114. The molecule has 0 spiro atoms. The van der Waals surface area contributed by atoms with Gasteiger partial charge in [-0.05, 0) is 36.8 Å². The van der Waals surface area contributed by atoms with Crippen LogP contribution in [0.3, 0.4) is 0 Å². The molecule has 0 saturated heterocycles. The van der Waals surface area contributed by atoms with Gasteiger partial charge in [0.15, 0.2) is 0 Å². The van der Waals surface area contributed by atoms with Gasteiger partial charge in [-0.15, -0.1) is 0 Å². The predicted octanol–water partition coefficient (Wildman–Crippen LogP) is 4.81. The average molecular weight is 367 g/mol. The van der Waals surface area contributed by atoms with Crippen molar-refractivity contribution in [2.75, 3.05) is 5.01 Å². The second-order valence-corrected chi connectivity index (χ2v) is 6.05. The minimum Gasteiger partial charge on any atom is -0.267 e. The fourth-order valence-corrected chi connectivity index (χ4v) is 2.70. The Balaban J connectivity index is 1.83. The number of carbonyl (C=O) groups excluding carboxylic acids is 1. The summed E-state index contributed by atoms with van der Waals surface area (Å²) in [5.74, 6) is -0.113. The topological polar surface area (TPSA) is 32.7 Å². The standard InChI is InChI=1S/C19H15BrN2O/c1-14-18(12-5-9-15-7-3-2-4-8-15)19(23)22(21-14)17-11-6-10-16(20)13-17/h2-13H,1H3/b9-5+,18-12-. The summed E-state index contributed by atoms with van der Waals surface area (Å²) in [5, 5.41) is 5.80. The van der Waals surface area contributed by atoms with E-state index in [0.717, 1.165) is 15.7 Å². The van der Waals surface area contributed by atoms with Gasteiger partial charge in [-0.3, -0.25) is 4.79 Å². The molecule has 0 N–H and O–H groups in total. The Morgan fingerprint density at radius 1 is 1.09 bits per heavy atom. The van der Waals surface area contributed by atoms with Gasteiger partial charge >= 0.3 is 0 Å². The third-order valence-electron chi connectivity index (χ3n) is 3.47. The summed E-state index contributed by atoms with van der Waals surface area (Å²) in [4.78, 5) is 12.6. The summed E-state index contributed by atoms with van der Waals surface area (Å²) in [6.45, 7) is 1.85. The fraction of sp³-hybridized carbons (Fsp3) is 0.0526. The van der Waals surface area contributed by atoms with Crippen LogP contribution in [0.4, 0.5) is 5.69 Å². The molecule has 0 radical (unpaired) electrons. The van der Waals surface area contributed by atoms with Crippen LogP contribution in [0.2, 0.25) is 0 Å². The zero-order chi connectivity index (χ0) is 16.2. The maximum atomic E-state index is 12.6. The summed E-state index contributed by atoms with van der Waals surface area (Å²) in [5.41, 5.74) is 3.16. The Kier molecular flexibility index (Phi) is 4.53. The van der Waals surface area contributed by atoms with Crippen molar-refractivity contribution in [2.24, 2.45) is 5.10 Å². The van der Waals surface area contributed by atoms with E-state index in [-0.39, 0.29) is 5.91 Å². The molecule has 0 atom stereocenters. The van der Waals surface area contributed by atoms with Gasteiger partial charge < -0.3 is 0 Å². The molecule has 1 aliphatic heterocycles. The van der Waals surface area contributed by atoms with Crippen molar-refractivity contribution in [1.29, 1.82) is 0 Å². The van der Waals surface area contributed by atoms with Crippen LogP contribution in [0.5, 0.6) is 0 Å². The number of allylic oxidation sites excluding steroid dienone is 2. The first kappa shape index (κ1) is 15.4. The Morgan fingerprint density at radius 2 is 1.87 bits per heavy atom. The number of anilines is 1. The molecule has 3 rings (SSSR count). The molecule has 1 amide bonds. The van der Waals surface area contributed by atoms with Gasteiger partial charge in [-0.2, -0.15) is 10.1 Å². The minimum absolute atomic E-state index is 0.113. The zero-order valence-electron chi connectivity index (χ0n) is 12.6. The molecule has 2 aromatic carbocycles. The Bertz CT molecular complexity index is 822. The lowest BCUT2D eigenvalue weighted by atomic mass is 10.1. The van der Waals surface area contributed by atoms with Gasteiger partial charge in [0, 0.05) is 4.47 Å². The van der Waals surface area contributed by atoms with Crippen molar-refractivity contribution >= 4 is 39.3 Å². The lowest BCUT2D eigenvalue weighted by Crippen LogP contribution is -2.21. The van der Waals surface area contributed by atoms with E-state index in [9.17, 15) is 4.79 Å². The average Bonchev–Trinajstić information content (AvgIpc) is 2.84. The number of hydrazone groups is 1. The molecular formula is C19H15BrN2O. The van der Waals surface area contributed by atoms with E-state index in [0.29, 0.717) is 11.3 Å². The van der Waals surface area contributed by atoms with Crippen LogP contribution in [-0.4, -0.2) is 11.6 Å². The van der Waals surface area contributed by atoms with E-state index in [4.69, 9.17) is 0 Å². The Hall–Kier alpha value is -2.46. The Labute approximate surface area is 143 Å². The fourth-order valence-electron chi connectivity index (χ4n) is 2.31. The van der Waals surface area contributed by atoms with Crippen LogP contribution in [0.25, 0.3) is 6.08 Å². The van der Waals surface area contributed by atoms with Crippen LogP contribution >= 0.6 is 15.9 Å². The molecular weight excluding hydrogens is 352 g/mol. The number of amides is 1. The van der Waals surface area contributed by atoms with Gasteiger partial charge in [0.05, 0.1) is 17.0 Å². The van der Waals surface area contributed by atoms with Crippen molar-refractivity contribution in [3.63, 3.8) is 0 Å². The highest BCUT2D eigenvalue weighted by Gasteiger charge is 2.28. The molecule has 23 heavy (non-hydrogen) atoms. The minimum atomic E-state index is -0.113. The Morgan fingerprint density at radius 3 is 2.61 bits per heavy atom. The molecule has 0 aliphatic carbocycles. The van der Waals surface area contributed by atoms with Crippen molar-refractivity contribution in [2.45, 2.75) is 6.92 Å². The molecule has 2 aromatic rings. The molecule has 0 saturated carbocycles. The van der Waals surface area contributed by atoms with E-state index in [1.165, 1.54) is 5.01 Å². The zero-order valence-corrected chi connectivity index (χ0v) is 14.2. The first-order valence-electron chi connectivity index (χ1n) is 7.24. The van der Waals surface area contributed by atoms with Gasteiger partial charge in [0.2, 0.25) is 0 Å². The quantitative estimate of drug-likeness (QED) is 0.717. The third-order valence-corrected chi connectivity index (χ3v) is 3.96. The van der Waals surface area contributed by atoms with Crippen LogP contribution < -0.4 is 5.01 Å². The smallest absolute Gasteiger partial charge is 0.267 e. The molecule has 0 bridgehead atoms. The van der Waals surface area contributed by atoms with E-state index < -0.39 is 0 Å². The van der Waals surface area contributed by atoms with Gasteiger partial charge in [0.25, 0.3) is 5.91 Å². The second kappa shape index (κ2) is 6.75. The summed E-state index contributed by atoms with van der Waals surface area (Å²) < 4.78 is 0.914. The monoisotopic (exact) mass is 366 g/mol. The van der Waals surface area contributed by atoms with Crippen LogP contribution in [0, 0.1) is 0 Å². The summed E-state index contributed by atoms with van der Waals surface area (Å²) in [7, 11) is 0. The highest BCUT2D eigenvalue weighted by molar-refractivity contribution is 9.10. The summed E-state index contributed by atoms with van der Waals surface area (Å²) >= 11 is 3.41. The van der Waals surface area contributed by atoms with Crippen molar-refractivity contribution < 1.29 is 4.79 Å². The van der Waals surface area contributed by atoms with E-state index in [1.807, 2.05) is 79.7 Å². The van der Waals surface area contributed by atoms with Crippen LogP contribution in [0.1, 0.15) is 12.5 Å².